The molecule has 0 spiro atoms. The lowest BCUT2D eigenvalue weighted by Crippen LogP contribution is -2.21. The molecule has 0 aliphatic carbocycles. The van der Waals surface area contributed by atoms with Crippen molar-refractivity contribution < 1.29 is 24.2 Å². The van der Waals surface area contributed by atoms with E-state index in [1.54, 1.807) is 25.1 Å². The number of hydrogen-bond acceptors (Lipinski definition) is 5. The van der Waals surface area contributed by atoms with Gasteiger partial charge in [-0.1, -0.05) is 17.7 Å². The minimum atomic E-state index is -0.812. The Hall–Kier alpha value is -2.73. The number of methoxy groups -OCH3 is 1. The van der Waals surface area contributed by atoms with Gasteiger partial charge in [0.25, 0.3) is 5.91 Å². The monoisotopic (exact) mass is 349 g/mol. The van der Waals surface area contributed by atoms with Crippen LogP contribution >= 0.6 is 11.6 Å². The number of esters is 1. The molecule has 1 amide bonds. The first-order valence-electron chi connectivity index (χ1n) is 7.01. The zero-order valence-corrected chi connectivity index (χ0v) is 13.9. The third-order valence-corrected chi connectivity index (χ3v) is 3.71. The number of carbonyl (C=O) groups excluding carboxylic acids is 2. The molecule has 0 heterocycles. The summed E-state index contributed by atoms with van der Waals surface area (Å²) >= 11 is 5.97. The summed E-state index contributed by atoms with van der Waals surface area (Å²) in [6, 6.07) is 9.24. The van der Waals surface area contributed by atoms with Gasteiger partial charge in [0, 0.05) is 16.8 Å². The van der Waals surface area contributed by atoms with Gasteiger partial charge in [0.1, 0.15) is 17.1 Å². The average molecular weight is 350 g/mol. The molecule has 0 aliphatic rings. The molecule has 0 saturated carbocycles. The van der Waals surface area contributed by atoms with E-state index >= 15 is 0 Å². The molecular weight excluding hydrogens is 334 g/mol. The molecule has 6 nitrogen and oxygen atoms in total. The van der Waals surface area contributed by atoms with Gasteiger partial charge in [0.2, 0.25) is 0 Å². The fourth-order valence-electron chi connectivity index (χ4n) is 1.95. The summed E-state index contributed by atoms with van der Waals surface area (Å²) in [6.07, 6.45) is 0. The van der Waals surface area contributed by atoms with Crippen LogP contribution in [-0.2, 0) is 9.53 Å². The number of rotatable bonds is 5. The summed E-state index contributed by atoms with van der Waals surface area (Å²) in [5, 5.41) is 12.9. The highest BCUT2D eigenvalue weighted by Gasteiger charge is 2.15. The van der Waals surface area contributed by atoms with Crippen LogP contribution in [0, 0.1) is 6.92 Å². The van der Waals surface area contributed by atoms with E-state index in [1.165, 1.54) is 25.3 Å². The largest absolute Gasteiger partial charge is 0.507 e. The number of ether oxygens (including phenoxy) is 2. The molecule has 24 heavy (non-hydrogen) atoms. The SMILES string of the molecule is COc1ccc(C(=O)OCC(=O)Nc2cccc(Cl)c2C)c(O)c1. The summed E-state index contributed by atoms with van der Waals surface area (Å²) < 4.78 is 9.83. The molecule has 0 radical (unpaired) electrons. The Morgan fingerprint density at radius 1 is 1.25 bits per heavy atom. The lowest BCUT2D eigenvalue weighted by Gasteiger charge is -2.10. The maximum atomic E-state index is 11.9. The summed E-state index contributed by atoms with van der Waals surface area (Å²) in [4.78, 5) is 23.8. The number of phenolic OH excluding ortho intramolecular Hbond substituents is 1. The standard InChI is InChI=1S/C17H16ClNO5/c1-10-13(18)4-3-5-14(10)19-16(21)9-24-17(22)12-7-6-11(23-2)8-15(12)20/h3-8,20H,9H2,1-2H3,(H,19,21). The van der Waals surface area contributed by atoms with Crippen molar-refractivity contribution in [3.63, 3.8) is 0 Å². The third kappa shape index (κ3) is 4.17. The molecule has 2 aromatic carbocycles. The van der Waals surface area contributed by atoms with Gasteiger partial charge in [0.05, 0.1) is 7.11 Å². The molecule has 2 rings (SSSR count). The van der Waals surface area contributed by atoms with E-state index in [-0.39, 0.29) is 11.3 Å². The molecule has 0 fully saturated rings. The van der Waals surface area contributed by atoms with Gasteiger partial charge in [-0.2, -0.15) is 0 Å². The van der Waals surface area contributed by atoms with Gasteiger partial charge in [-0.05, 0) is 36.8 Å². The zero-order valence-electron chi connectivity index (χ0n) is 13.1. The van der Waals surface area contributed by atoms with E-state index in [2.05, 4.69) is 5.32 Å². The normalized spacial score (nSPS) is 10.1. The van der Waals surface area contributed by atoms with Gasteiger partial charge < -0.3 is 19.9 Å². The fraction of sp³-hybridized carbons (Fsp3) is 0.176. The molecule has 0 aliphatic heterocycles. The first kappa shape index (κ1) is 17.6. The van der Waals surface area contributed by atoms with E-state index in [9.17, 15) is 14.7 Å². The lowest BCUT2D eigenvalue weighted by atomic mass is 10.2. The lowest BCUT2D eigenvalue weighted by molar-refractivity contribution is -0.119. The predicted octanol–water partition coefficient (Wildman–Crippen LogP) is 3.16. The first-order chi connectivity index (χ1) is 11.4. The Labute approximate surface area is 144 Å². The maximum absolute atomic E-state index is 11.9. The molecule has 0 saturated heterocycles. The van der Waals surface area contributed by atoms with Crippen LogP contribution in [0.4, 0.5) is 5.69 Å². The Kier molecular flexibility index (Phi) is 5.65. The van der Waals surface area contributed by atoms with Crippen LogP contribution < -0.4 is 10.1 Å². The number of nitrogens with one attached hydrogen (secondary N) is 1. The summed E-state index contributed by atoms with van der Waals surface area (Å²) in [7, 11) is 1.44. The minimum absolute atomic E-state index is 0.0532. The fourth-order valence-corrected chi connectivity index (χ4v) is 2.12. The van der Waals surface area contributed by atoms with Crippen molar-refractivity contribution in [2.75, 3.05) is 19.0 Å². The number of amides is 1. The highest BCUT2D eigenvalue weighted by Crippen LogP contribution is 2.24. The topological polar surface area (TPSA) is 84.9 Å². The quantitative estimate of drug-likeness (QED) is 0.810. The molecule has 0 bridgehead atoms. The Bertz CT molecular complexity index is 776. The van der Waals surface area contributed by atoms with Crippen LogP contribution in [0.3, 0.4) is 0 Å². The number of anilines is 1. The van der Waals surface area contributed by atoms with Crippen molar-refractivity contribution in [3.05, 3.63) is 52.5 Å². The third-order valence-electron chi connectivity index (χ3n) is 3.30. The van der Waals surface area contributed by atoms with Crippen molar-refractivity contribution in [1.82, 2.24) is 0 Å². The summed E-state index contributed by atoms with van der Waals surface area (Å²) in [5.41, 5.74) is 1.20. The van der Waals surface area contributed by atoms with Crippen LogP contribution in [-0.4, -0.2) is 30.7 Å². The zero-order chi connectivity index (χ0) is 17.7. The van der Waals surface area contributed by atoms with Gasteiger partial charge in [0.15, 0.2) is 6.61 Å². The van der Waals surface area contributed by atoms with Crippen LogP contribution in [0.25, 0.3) is 0 Å². The Morgan fingerprint density at radius 3 is 2.67 bits per heavy atom. The molecule has 0 unspecified atom stereocenters. The maximum Gasteiger partial charge on any atom is 0.342 e. The molecule has 2 aromatic rings. The molecular formula is C17H16ClNO5. The van der Waals surface area contributed by atoms with Crippen LogP contribution in [0.1, 0.15) is 15.9 Å². The molecule has 0 atom stereocenters. The van der Waals surface area contributed by atoms with Crippen LogP contribution in [0.5, 0.6) is 11.5 Å². The number of hydrogen-bond donors (Lipinski definition) is 2. The van der Waals surface area contributed by atoms with Crippen molar-refractivity contribution >= 4 is 29.2 Å². The Morgan fingerprint density at radius 2 is 2.00 bits per heavy atom. The molecule has 2 N–H and O–H groups in total. The second-order valence-electron chi connectivity index (χ2n) is 4.92. The van der Waals surface area contributed by atoms with Gasteiger partial charge in [-0.15, -0.1) is 0 Å². The van der Waals surface area contributed by atoms with Gasteiger partial charge in [-0.25, -0.2) is 4.79 Å². The van der Waals surface area contributed by atoms with Crippen molar-refractivity contribution in [2.24, 2.45) is 0 Å². The number of benzene rings is 2. The summed E-state index contributed by atoms with van der Waals surface area (Å²) in [5.74, 6) is -1.21. The van der Waals surface area contributed by atoms with Crippen molar-refractivity contribution in [3.8, 4) is 11.5 Å². The predicted molar refractivity (Wildman–Crippen MR) is 89.8 cm³/mol. The first-order valence-corrected chi connectivity index (χ1v) is 7.39. The van der Waals surface area contributed by atoms with E-state index < -0.39 is 18.5 Å². The summed E-state index contributed by atoms with van der Waals surface area (Å²) in [6.45, 7) is 1.27. The number of carbonyl (C=O) groups is 2. The average Bonchev–Trinajstić information content (AvgIpc) is 2.56. The smallest absolute Gasteiger partial charge is 0.342 e. The highest BCUT2D eigenvalue weighted by atomic mass is 35.5. The molecule has 7 heteroatoms. The molecule has 0 aromatic heterocycles. The second-order valence-corrected chi connectivity index (χ2v) is 5.33. The van der Waals surface area contributed by atoms with Gasteiger partial charge in [-0.3, -0.25) is 4.79 Å². The number of phenols is 1. The van der Waals surface area contributed by atoms with Crippen molar-refractivity contribution in [1.29, 1.82) is 0 Å². The van der Waals surface area contributed by atoms with E-state index in [4.69, 9.17) is 21.1 Å². The Balaban J connectivity index is 1.96. The van der Waals surface area contributed by atoms with Crippen molar-refractivity contribution in [2.45, 2.75) is 6.92 Å². The van der Waals surface area contributed by atoms with Gasteiger partial charge >= 0.3 is 5.97 Å². The highest BCUT2D eigenvalue weighted by molar-refractivity contribution is 6.31. The minimum Gasteiger partial charge on any atom is -0.507 e. The number of aromatic hydroxyl groups is 1. The second kappa shape index (κ2) is 7.70. The molecule has 126 valence electrons. The van der Waals surface area contributed by atoms with Crippen LogP contribution in [0.15, 0.2) is 36.4 Å². The van der Waals surface area contributed by atoms with Crippen LogP contribution in [0.2, 0.25) is 5.02 Å². The van der Waals surface area contributed by atoms with E-state index in [0.29, 0.717) is 22.0 Å². The van der Waals surface area contributed by atoms with E-state index in [1.807, 2.05) is 0 Å². The van der Waals surface area contributed by atoms with E-state index in [0.717, 1.165) is 0 Å². The number of halogens is 1.